The molecule has 0 radical (unpaired) electrons. The van der Waals surface area contributed by atoms with E-state index in [0.717, 1.165) is 19.2 Å². The molecular weight excluding hydrogens is 324 g/mol. The molecule has 2 aliphatic heterocycles. The molecule has 128 valence electrons. The Morgan fingerprint density at radius 1 is 1.35 bits per heavy atom. The number of carboxylic acids is 1. The van der Waals surface area contributed by atoms with Crippen LogP contribution in [-0.2, 0) is 21.4 Å². The van der Waals surface area contributed by atoms with E-state index in [1.54, 1.807) is 11.0 Å². The van der Waals surface area contributed by atoms with Gasteiger partial charge in [-0.25, -0.2) is 17.4 Å². The number of fused-ring (bicyclic) bond motifs is 1. The molecule has 0 amide bonds. The Hall–Kier alpha value is -1.59. The Labute approximate surface area is 134 Å². The third-order valence-electron chi connectivity index (χ3n) is 4.80. The van der Waals surface area contributed by atoms with Crippen molar-refractivity contribution in [2.24, 2.45) is 11.3 Å². The van der Waals surface area contributed by atoms with Crippen molar-refractivity contribution in [3.63, 3.8) is 0 Å². The van der Waals surface area contributed by atoms with Gasteiger partial charge in [-0.3, -0.25) is 4.79 Å². The molecule has 2 atom stereocenters. The molecule has 10 nitrogen and oxygen atoms in total. The summed E-state index contributed by atoms with van der Waals surface area (Å²) in [6, 6.07) is 0. The zero-order valence-electron chi connectivity index (χ0n) is 12.9. The Morgan fingerprint density at radius 2 is 2.13 bits per heavy atom. The average molecular weight is 344 g/mol. The lowest BCUT2D eigenvalue weighted by Gasteiger charge is -2.24. The van der Waals surface area contributed by atoms with Crippen LogP contribution in [0.3, 0.4) is 0 Å². The van der Waals surface area contributed by atoms with E-state index in [1.807, 2.05) is 0 Å². The van der Waals surface area contributed by atoms with E-state index in [-0.39, 0.29) is 19.0 Å². The van der Waals surface area contributed by atoms with Crippen LogP contribution in [0.4, 0.5) is 0 Å². The summed E-state index contributed by atoms with van der Waals surface area (Å²) in [6.07, 6.45) is 3.48. The van der Waals surface area contributed by atoms with Crippen LogP contribution >= 0.6 is 0 Å². The number of carbonyl (C=O) groups is 1. The summed E-state index contributed by atoms with van der Waals surface area (Å²) in [5, 5.41) is 20.6. The first kappa shape index (κ1) is 16.3. The number of likely N-dealkylation sites (tertiary alicyclic amines) is 1. The number of rotatable bonds is 6. The highest BCUT2D eigenvalue weighted by atomic mass is 32.2. The highest BCUT2D eigenvalue weighted by Gasteiger charge is 2.58. The number of nitrogens with zero attached hydrogens (tertiary/aromatic N) is 6. The fraction of sp³-hybridized carbons (Fsp3) is 0.833. The van der Waals surface area contributed by atoms with Crippen LogP contribution in [0.2, 0.25) is 0 Å². The predicted molar refractivity (Wildman–Crippen MR) is 78.8 cm³/mol. The van der Waals surface area contributed by atoms with Gasteiger partial charge in [-0.2, -0.15) is 0 Å². The van der Waals surface area contributed by atoms with Crippen LogP contribution in [0.25, 0.3) is 0 Å². The zero-order chi connectivity index (χ0) is 16.7. The summed E-state index contributed by atoms with van der Waals surface area (Å²) in [4.78, 5) is 13.9. The average Bonchev–Trinajstić information content (AvgIpc) is 3.10. The molecule has 0 bridgehead atoms. The summed E-state index contributed by atoms with van der Waals surface area (Å²) in [6.45, 7) is 2.75. The summed E-state index contributed by atoms with van der Waals surface area (Å²) in [7, 11) is -3.35. The maximum atomic E-state index is 11.8. The number of sulfonamides is 1. The maximum absolute atomic E-state index is 11.8. The van der Waals surface area contributed by atoms with Gasteiger partial charge in [0.15, 0.2) is 0 Å². The molecule has 2 saturated heterocycles. The van der Waals surface area contributed by atoms with Gasteiger partial charge >= 0.3 is 5.97 Å². The van der Waals surface area contributed by atoms with Gasteiger partial charge in [-0.05, 0) is 23.4 Å². The highest BCUT2D eigenvalue weighted by molar-refractivity contribution is 7.88. The first-order valence-electron chi connectivity index (χ1n) is 7.43. The van der Waals surface area contributed by atoms with Crippen molar-refractivity contribution in [3.05, 3.63) is 6.33 Å². The summed E-state index contributed by atoms with van der Waals surface area (Å²) in [5.74, 6) is -1.07. The van der Waals surface area contributed by atoms with Crippen molar-refractivity contribution in [2.45, 2.75) is 13.0 Å². The number of carboxylic acid groups (broad SMARTS) is 1. The van der Waals surface area contributed by atoms with Crippen LogP contribution in [0, 0.1) is 11.3 Å². The number of aromatic nitrogens is 4. The van der Waals surface area contributed by atoms with Crippen LogP contribution < -0.4 is 0 Å². The molecule has 0 aliphatic carbocycles. The molecular formula is C12H20N6O4S. The third-order valence-corrected chi connectivity index (χ3v) is 6.01. The van der Waals surface area contributed by atoms with E-state index in [4.69, 9.17) is 0 Å². The largest absolute Gasteiger partial charge is 0.481 e. The van der Waals surface area contributed by atoms with E-state index in [1.165, 1.54) is 4.31 Å². The lowest BCUT2D eigenvalue weighted by molar-refractivity contribution is -0.148. The standard InChI is InChI=1S/C12H20N6O4S/c1-23(21,22)18-6-10-5-16(7-12(10,8-18)11(19)20)3-2-4-17-9-13-14-15-17/h9-10H,2-8H2,1H3,(H,19,20)/t10-,12-/m0/s1. The van der Waals surface area contributed by atoms with Gasteiger partial charge in [0, 0.05) is 38.6 Å². The van der Waals surface area contributed by atoms with Crippen molar-refractivity contribution in [3.8, 4) is 0 Å². The van der Waals surface area contributed by atoms with E-state index in [9.17, 15) is 18.3 Å². The summed E-state index contributed by atoms with van der Waals surface area (Å²) >= 11 is 0. The van der Waals surface area contributed by atoms with Gasteiger partial charge < -0.3 is 10.0 Å². The number of aliphatic carboxylic acids is 1. The third kappa shape index (κ3) is 3.08. The second kappa shape index (κ2) is 5.80. The fourth-order valence-electron chi connectivity index (χ4n) is 3.59. The molecule has 0 unspecified atom stereocenters. The highest BCUT2D eigenvalue weighted by Crippen LogP contribution is 2.43. The number of hydrogen-bond donors (Lipinski definition) is 1. The molecule has 1 aromatic heterocycles. The molecule has 0 saturated carbocycles. The Kier molecular flexibility index (Phi) is 4.10. The Morgan fingerprint density at radius 3 is 2.70 bits per heavy atom. The molecule has 2 fully saturated rings. The lowest BCUT2D eigenvalue weighted by Crippen LogP contribution is -2.42. The number of aryl methyl sites for hydroxylation is 1. The quantitative estimate of drug-likeness (QED) is 0.651. The molecule has 3 rings (SSSR count). The van der Waals surface area contributed by atoms with Crippen LogP contribution in [0.15, 0.2) is 6.33 Å². The monoisotopic (exact) mass is 344 g/mol. The Bertz CT molecular complexity index is 678. The van der Waals surface area contributed by atoms with E-state index < -0.39 is 21.4 Å². The topological polar surface area (TPSA) is 122 Å². The van der Waals surface area contributed by atoms with Gasteiger partial charge in [0.2, 0.25) is 10.0 Å². The predicted octanol–water partition coefficient (Wildman–Crippen LogP) is -1.66. The fourth-order valence-corrected chi connectivity index (χ4v) is 4.50. The molecule has 3 heterocycles. The summed E-state index contributed by atoms with van der Waals surface area (Å²) < 4.78 is 26.4. The minimum Gasteiger partial charge on any atom is -0.481 e. The summed E-state index contributed by atoms with van der Waals surface area (Å²) in [5.41, 5.74) is -0.988. The van der Waals surface area contributed by atoms with Gasteiger partial charge in [-0.1, -0.05) is 0 Å². The lowest BCUT2D eigenvalue weighted by atomic mass is 9.81. The maximum Gasteiger partial charge on any atom is 0.312 e. The normalized spacial score (nSPS) is 29.0. The van der Waals surface area contributed by atoms with Crippen LogP contribution in [0.1, 0.15) is 6.42 Å². The molecule has 23 heavy (non-hydrogen) atoms. The smallest absolute Gasteiger partial charge is 0.312 e. The number of hydrogen-bond acceptors (Lipinski definition) is 7. The molecule has 2 aliphatic rings. The first-order valence-corrected chi connectivity index (χ1v) is 9.28. The minimum absolute atomic E-state index is 0.0648. The number of tetrazole rings is 1. The SMILES string of the molecule is CS(=O)(=O)N1C[C@@H]2CN(CCCn3cnnn3)C[C@]2(C(=O)O)C1. The van der Waals surface area contributed by atoms with Crippen molar-refractivity contribution in [2.75, 3.05) is 39.0 Å². The van der Waals surface area contributed by atoms with Gasteiger partial charge in [-0.15, -0.1) is 5.10 Å². The van der Waals surface area contributed by atoms with E-state index in [2.05, 4.69) is 20.4 Å². The molecule has 11 heteroatoms. The molecule has 0 aromatic carbocycles. The molecule has 0 spiro atoms. The van der Waals surface area contributed by atoms with E-state index >= 15 is 0 Å². The van der Waals surface area contributed by atoms with Crippen molar-refractivity contribution < 1.29 is 18.3 Å². The zero-order valence-corrected chi connectivity index (χ0v) is 13.7. The molecule has 1 N–H and O–H groups in total. The van der Waals surface area contributed by atoms with Gasteiger partial charge in [0.1, 0.15) is 6.33 Å². The van der Waals surface area contributed by atoms with Gasteiger partial charge in [0.05, 0.1) is 11.7 Å². The van der Waals surface area contributed by atoms with Crippen molar-refractivity contribution in [1.29, 1.82) is 0 Å². The van der Waals surface area contributed by atoms with Crippen LogP contribution in [0.5, 0.6) is 0 Å². The molecule has 1 aromatic rings. The second-order valence-corrected chi connectivity index (χ2v) is 8.36. The first-order chi connectivity index (χ1) is 10.8. The second-order valence-electron chi connectivity index (χ2n) is 6.38. The minimum atomic E-state index is -3.35. The Balaban J connectivity index is 1.61. The van der Waals surface area contributed by atoms with Crippen molar-refractivity contribution in [1.82, 2.24) is 29.4 Å². The van der Waals surface area contributed by atoms with E-state index in [0.29, 0.717) is 19.6 Å². The van der Waals surface area contributed by atoms with Crippen LogP contribution in [-0.4, -0.2) is 87.9 Å². The van der Waals surface area contributed by atoms with Crippen molar-refractivity contribution >= 4 is 16.0 Å². The van der Waals surface area contributed by atoms with Gasteiger partial charge in [0.25, 0.3) is 0 Å².